The van der Waals surface area contributed by atoms with E-state index in [1.54, 1.807) is 18.5 Å². The summed E-state index contributed by atoms with van der Waals surface area (Å²) in [7, 11) is 1.86. The van der Waals surface area contributed by atoms with Crippen LogP contribution in [0.3, 0.4) is 0 Å². The van der Waals surface area contributed by atoms with E-state index in [0.29, 0.717) is 26.2 Å². The zero-order valence-corrected chi connectivity index (χ0v) is 18.2. The number of rotatable bonds is 4. The first kappa shape index (κ1) is 20.1. The van der Waals surface area contributed by atoms with Crippen LogP contribution in [0.4, 0.5) is 14.5 Å². The number of fused-ring (bicyclic) bond motifs is 5. The fourth-order valence-electron chi connectivity index (χ4n) is 5.00. The molecule has 2 aliphatic heterocycles. The smallest absolute Gasteiger partial charge is 0.179 e. The number of nitrogens with zero attached hydrogens (tertiary/aromatic N) is 5. The number of hydrogen-bond donors (Lipinski definition) is 1. The number of benzene rings is 2. The maximum Gasteiger partial charge on any atom is 0.179 e. The van der Waals surface area contributed by atoms with Gasteiger partial charge in [-0.05, 0) is 54.6 Å². The first-order chi connectivity index (χ1) is 16.1. The average Bonchev–Trinajstić information content (AvgIpc) is 3.52. The Morgan fingerprint density at radius 3 is 2.73 bits per heavy atom. The van der Waals surface area contributed by atoms with Gasteiger partial charge in [0.05, 0.1) is 11.4 Å². The van der Waals surface area contributed by atoms with Gasteiger partial charge in [0.1, 0.15) is 18.3 Å². The first-order valence-electron chi connectivity index (χ1n) is 11.1. The monoisotopic (exact) mass is 446 g/mol. The van der Waals surface area contributed by atoms with Crippen LogP contribution < -0.4 is 10.2 Å². The third-order valence-electron chi connectivity index (χ3n) is 6.68. The second-order valence-electron chi connectivity index (χ2n) is 8.80. The van der Waals surface area contributed by atoms with Gasteiger partial charge in [-0.3, -0.25) is 0 Å². The standard InChI is InChI=1S/C25H24F2N6/c1-28-10-19-13-31(14-22(19)27)21-6-7-23-18(8-21)12-32-11-17(16-2-4-20(26)5-3-16)9-24(32)25-29-15-30-33(23)25/h2-9,11,15,19,22,28H,10,12-14H2,1H3/t19-,22+/m0/s1. The van der Waals surface area contributed by atoms with Gasteiger partial charge >= 0.3 is 0 Å². The minimum absolute atomic E-state index is 0.00922. The molecule has 4 heterocycles. The third kappa shape index (κ3) is 3.41. The Labute approximate surface area is 190 Å². The van der Waals surface area contributed by atoms with Crippen molar-refractivity contribution in [2.45, 2.75) is 12.7 Å². The molecular weight excluding hydrogens is 422 g/mol. The zero-order chi connectivity index (χ0) is 22.5. The van der Waals surface area contributed by atoms with Gasteiger partial charge in [0.25, 0.3) is 0 Å². The van der Waals surface area contributed by atoms with E-state index in [1.807, 2.05) is 17.8 Å². The Bertz CT molecular complexity index is 1310. The van der Waals surface area contributed by atoms with E-state index in [4.69, 9.17) is 0 Å². The van der Waals surface area contributed by atoms with Crippen LogP contribution in [0.15, 0.2) is 61.1 Å². The van der Waals surface area contributed by atoms with Crippen molar-refractivity contribution in [2.24, 2.45) is 5.92 Å². The molecule has 33 heavy (non-hydrogen) atoms. The maximum atomic E-state index is 14.5. The average molecular weight is 447 g/mol. The van der Waals surface area contributed by atoms with Gasteiger partial charge in [-0.15, -0.1) is 0 Å². The summed E-state index contributed by atoms with van der Waals surface area (Å²) in [6.07, 6.45) is 2.79. The molecule has 0 saturated carbocycles. The van der Waals surface area contributed by atoms with E-state index in [1.165, 1.54) is 12.1 Å². The van der Waals surface area contributed by atoms with Gasteiger partial charge in [0.2, 0.25) is 0 Å². The highest BCUT2D eigenvalue weighted by Gasteiger charge is 2.33. The molecule has 0 radical (unpaired) electrons. The predicted molar refractivity (Wildman–Crippen MR) is 124 cm³/mol. The van der Waals surface area contributed by atoms with Gasteiger partial charge in [-0.2, -0.15) is 5.10 Å². The summed E-state index contributed by atoms with van der Waals surface area (Å²) in [6, 6.07) is 14.8. The molecule has 0 amide bonds. The van der Waals surface area contributed by atoms with Crippen molar-refractivity contribution < 1.29 is 8.78 Å². The minimum atomic E-state index is -0.840. The SMILES string of the molecule is CNC[C@H]1CN(c2ccc3c(c2)Cn2cc(-c4ccc(F)cc4)cc2-c2ncnn2-3)C[C@H]1F. The Morgan fingerprint density at radius 2 is 1.91 bits per heavy atom. The van der Waals surface area contributed by atoms with Gasteiger partial charge < -0.3 is 14.8 Å². The molecular formula is C25H24F2N6. The van der Waals surface area contributed by atoms with E-state index >= 15 is 0 Å². The zero-order valence-electron chi connectivity index (χ0n) is 18.2. The molecule has 6 rings (SSSR count). The lowest BCUT2D eigenvalue weighted by molar-refractivity contribution is 0.280. The van der Waals surface area contributed by atoms with Crippen molar-refractivity contribution in [3.63, 3.8) is 0 Å². The van der Waals surface area contributed by atoms with Crippen LogP contribution >= 0.6 is 0 Å². The van der Waals surface area contributed by atoms with Gasteiger partial charge in [-0.25, -0.2) is 18.4 Å². The number of alkyl halides is 1. The van der Waals surface area contributed by atoms with E-state index < -0.39 is 6.17 Å². The van der Waals surface area contributed by atoms with Crippen molar-refractivity contribution in [3.8, 4) is 28.3 Å². The molecule has 6 nitrogen and oxygen atoms in total. The molecule has 8 heteroatoms. The van der Waals surface area contributed by atoms with Crippen molar-refractivity contribution in [3.05, 3.63) is 72.4 Å². The van der Waals surface area contributed by atoms with Crippen LogP contribution in [0, 0.1) is 11.7 Å². The van der Waals surface area contributed by atoms with E-state index in [2.05, 4.69) is 49.3 Å². The lowest BCUT2D eigenvalue weighted by Gasteiger charge is -2.20. The molecule has 0 unspecified atom stereocenters. The fraction of sp³-hybridized carbons (Fsp3) is 0.280. The highest BCUT2D eigenvalue weighted by atomic mass is 19.1. The van der Waals surface area contributed by atoms with Crippen molar-refractivity contribution in [2.75, 3.05) is 31.6 Å². The quantitative estimate of drug-likeness (QED) is 0.455. The summed E-state index contributed by atoms with van der Waals surface area (Å²) in [5.41, 5.74) is 5.97. The maximum absolute atomic E-state index is 14.5. The van der Waals surface area contributed by atoms with Gasteiger partial charge in [0, 0.05) is 49.5 Å². The van der Waals surface area contributed by atoms with Gasteiger partial charge in [0.15, 0.2) is 5.82 Å². The van der Waals surface area contributed by atoms with Crippen LogP contribution in [-0.4, -0.2) is 52.2 Å². The summed E-state index contributed by atoms with van der Waals surface area (Å²) in [6.45, 7) is 2.41. The third-order valence-corrected chi connectivity index (χ3v) is 6.68. The largest absolute Gasteiger partial charge is 0.368 e. The lowest BCUT2D eigenvalue weighted by atomic mass is 10.1. The first-order valence-corrected chi connectivity index (χ1v) is 11.1. The van der Waals surface area contributed by atoms with Gasteiger partial charge in [-0.1, -0.05) is 12.1 Å². The topological polar surface area (TPSA) is 50.9 Å². The summed E-state index contributed by atoms with van der Waals surface area (Å²) in [5.74, 6) is 0.495. The molecule has 0 aliphatic carbocycles. The van der Waals surface area contributed by atoms with E-state index in [-0.39, 0.29) is 11.7 Å². The minimum Gasteiger partial charge on any atom is -0.368 e. The molecule has 0 bridgehead atoms. The summed E-state index contributed by atoms with van der Waals surface area (Å²) < 4.78 is 31.9. The molecule has 2 atom stereocenters. The van der Waals surface area contributed by atoms with Crippen molar-refractivity contribution >= 4 is 5.69 Å². The number of halogens is 2. The molecule has 2 aliphatic rings. The van der Waals surface area contributed by atoms with E-state index in [9.17, 15) is 8.78 Å². The lowest BCUT2D eigenvalue weighted by Crippen LogP contribution is -2.26. The molecule has 0 spiro atoms. The van der Waals surface area contributed by atoms with Crippen molar-refractivity contribution in [1.29, 1.82) is 0 Å². The fourth-order valence-corrected chi connectivity index (χ4v) is 5.00. The van der Waals surface area contributed by atoms with Crippen molar-refractivity contribution in [1.82, 2.24) is 24.6 Å². The highest BCUT2D eigenvalue weighted by Crippen LogP contribution is 2.35. The Morgan fingerprint density at radius 1 is 1.06 bits per heavy atom. The molecule has 1 fully saturated rings. The number of hydrogen-bond acceptors (Lipinski definition) is 4. The highest BCUT2D eigenvalue weighted by molar-refractivity contribution is 5.71. The summed E-state index contributed by atoms with van der Waals surface area (Å²) in [5, 5.41) is 7.59. The molecule has 2 aromatic carbocycles. The Kier molecular flexibility index (Phi) is 4.76. The molecule has 168 valence electrons. The van der Waals surface area contributed by atoms with Crippen LogP contribution in [0.2, 0.25) is 0 Å². The van der Waals surface area contributed by atoms with Crippen LogP contribution in [0.25, 0.3) is 28.3 Å². The van der Waals surface area contributed by atoms with Crippen LogP contribution in [-0.2, 0) is 6.54 Å². The molecule has 1 saturated heterocycles. The summed E-state index contributed by atoms with van der Waals surface area (Å²) >= 11 is 0. The molecule has 4 aromatic rings. The van der Waals surface area contributed by atoms with Crippen LogP contribution in [0.1, 0.15) is 5.56 Å². The number of nitrogens with one attached hydrogen (secondary N) is 1. The Hall–Kier alpha value is -3.52. The molecule has 2 aromatic heterocycles. The predicted octanol–water partition coefficient (Wildman–Crippen LogP) is 3.90. The van der Waals surface area contributed by atoms with Crippen LogP contribution in [0.5, 0.6) is 0 Å². The second-order valence-corrected chi connectivity index (χ2v) is 8.80. The Balaban J connectivity index is 1.39. The summed E-state index contributed by atoms with van der Waals surface area (Å²) in [4.78, 5) is 6.65. The normalized spacial score (nSPS) is 19.2. The number of aromatic nitrogens is 4. The number of anilines is 1. The second kappa shape index (κ2) is 7.81. The van der Waals surface area contributed by atoms with E-state index in [0.717, 1.165) is 39.6 Å². The molecule has 1 N–H and O–H groups in total.